The predicted molar refractivity (Wildman–Crippen MR) is 73.7 cm³/mol. The third-order valence-corrected chi connectivity index (χ3v) is 3.27. The molecule has 0 bridgehead atoms. The van der Waals surface area contributed by atoms with Crippen molar-refractivity contribution in [3.8, 4) is 0 Å². The van der Waals surface area contributed by atoms with E-state index >= 15 is 0 Å². The standard InChI is InChI=1S/C15H17F2N3/c1-2-10-6-7-11(19-9-10)8-14(20-18)12-4-3-5-13(16)15(12)17/h3-7,9,14,20H,2,8,18H2,1H3. The van der Waals surface area contributed by atoms with E-state index in [2.05, 4.69) is 10.4 Å². The topological polar surface area (TPSA) is 50.9 Å². The van der Waals surface area contributed by atoms with Crippen LogP contribution in [-0.2, 0) is 12.8 Å². The van der Waals surface area contributed by atoms with Crippen LogP contribution in [0, 0.1) is 11.6 Å². The first-order valence-corrected chi connectivity index (χ1v) is 6.49. The quantitative estimate of drug-likeness (QED) is 0.652. The zero-order valence-corrected chi connectivity index (χ0v) is 11.2. The molecule has 0 saturated heterocycles. The third-order valence-electron chi connectivity index (χ3n) is 3.27. The van der Waals surface area contributed by atoms with E-state index in [1.165, 1.54) is 12.1 Å². The number of nitrogens with two attached hydrogens (primary N) is 1. The molecular weight excluding hydrogens is 260 g/mol. The molecular formula is C15H17F2N3. The van der Waals surface area contributed by atoms with Crippen molar-refractivity contribution in [1.29, 1.82) is 0 Å². The Hall–Kier alpha value is -1.85. The monoisotopic (exact) mass is 277 g/mol. The molecule has 0 aliphatic heterocycles. The summed E-state index contributed by atoms with van der Waals surface area (Å²) in [5.41, 5.74) is 4.62. The van der Waals surface area contributed by atoms with Gasteiger partial charge in [-0.25, -0.2) is 8.78 Å². The van der Waals surface area contributed by atoms with Crippen molar-refractivity contribution < 1.29 is 8.78 Å². The van der Waals surface area contributed by atoms with Gasteiger partial charge in [-0.1, -0.05) is 25.1 Å². The summed E-state index contributed by atoms with van der Waals surface area (Å²) < 4.78 is 27.0. The second kappa shape index (κ2) is 6.54. The van der Waals surface area contributed by atoms with E-state index in [9.17, 15) is 8.78 Å². The van der Waals surface area contributed by atoms with Gasteiger partial charge in [0.05, 0.1) is 6.04 Å². The molecule has 3 N–H and O–H groups in total. The van der Waals surface area contributed by atoms with E-state index in [-0.39, 0.29) is 5.56 Å². The van der Waals surface area contributed by atoms with Crippen LogP contribution in [0.5, 0.6) is 0 Å². The van der Waals surface area contributed by atoms with Gasteiger partial charge < -0.3 is 0 Å². The van der Waals surface area contributed by atoms with Gasteiger partial charge in [-0.2, -0.15) is 0 Å². The van der Waals surface area contributed by atoms with Gasteiger partial charge in [0.25, 0.3) is 0 Å². The van der Waals surface area contributed by atoms with E-state index in [4.69, 9.17) is 5.84 Å². The number of benzene rings is 1. The Labute approximate surface area is 116 Å². The number of hydrogen-bond acceptors (Lipinski definition) is 3. The van der Waals surface area contributed by atoms with E-state index in [1.807, 2.05) is 19.1 Å². The van der Waals surface area contributed by atoms with Crippen LogP contribution < -0.4 is 11.3 Å². The number of aryl methyl sites for hydroxylation is 1. The smallest absolute Gasteiger partial charge is 0.163 e. The maximum absolute atomic E-state index is 13.8. The van der Waals surface area contributed by atoms with Crippen LogP contribution >= 0.6 is 0 Å². The van der Waals surface area contributed by atoms with Crippen molar-refractivity contribution >= 4 is 0 Å². The molecule has 1 heterocycles. The molecule has 1 aromatic heterocycles. The maximum Gasteiger partial charge on any atom is 0.163 e. The van der Waals surface area contributed by atoms with Gasteiger partial charge in [-0.3, -0.25) is 16.3 Å². The van der Waals surface area contributed by atoms with Crippen molar-refractivity contribution in [2.45, 2.75) is 25.8 Å². The largest absolute Gasteiger partial charge is 0.271 e. The van der Waals surface area contributed by atoms with E-state index in [1.54, 1.807) is 6.20 Å². The summed E-state index contributed by atoms with van der Waals surface area (Å²) in [5, 5.41) is 0. The van der Waals surface area contributed by atoms with E-state index in [0.29, 0.717) is 6.42 Å². The van der Waals surface area contributed by atoms with Gasteiger partial charge in [0.1, 0.15) is 0 Å². The summed E-state index contributed by atoms with van der Waals surface area (Å²) >= 11 is 0. The fraction of sp³-hybridized carbons (Fsp3) is 0.267. The highest BCUT2D eigenvalue weighted by molar-refractivity contribution is 5.24. The Morgan fingerprint density at radius 1 is 1.25 bits per heavy atom. The fourth-order valence-electron chi connectivity index (χ4n) is 2.04. The Balaban J connectivity index is 2.21. The van der Waals surface area contributed by atoms with Gasteiger partial charge in [0, 0.05) is 23.9 Å². The highest BCUT2D eigenvalue weighted by Crippen LogP contribution is 2.21. The predicted octanol–water partition coefficient (Wildman–Crippen LogP) is 2.67. The molecule has 0 aliphatic rings. The van der Waals surface area contributed by atoms with Crippen molar-refractivity contribution in [3.05, 3.63) is 65.0 Å². The highest BCUT2D eigenvalue weighted by Gasteiger charge is 2.18. The number of pyridine rings is 1. The normalized spacial score (nSPS) is 12.4. The van der Waals surface area contributed by atoms with Gasteiger partial charge in [-0.15, -0.1) is 0 Å². The minimum absolute atomic E-state index is 0.203. The second-order valence-electron chi connectivity index (χ2n) is 4.58. The lowest BCUT2D eigenvalue weighted by Crippen LogP contribution is -2.30. The van der Waals surface area contributed by atoms with Gasteiger partial charge in [0.15, 0.2) is 11.6 Å². The second-order valence-corrected chi connectivity index (χ2v) is 4.58. The number of rotatable bonds is 5. The molecule has 0 saturated carbocycles. The molecule has 106 valence electrons. The average molecular weight is 277 g/mol. The van der Waals surface area contributed by atoms with Crippen LogP contribution in [0.25, 0.3) is 0 Å². The van der Waals surface area contributed by atoms with Crippen LogP contribution in [0.15, 0.2) is 36.5 Å². The number of nitrogens with zero attached hydrogens (tertiary/aromatic N) is 1. The van der Waals surface area contributed by atoms with Crippen LogP contribution in [0.2, 0.25) is 0 Å². The first-order chi connectivity index (χ1) is 9.65. The Morgan fingerprint density at radius 3 is 2.65 bits per heavy atom. The molecule has 0 fully saturated rings. The molecule has 20 heavy (non-hydrogen) atoms. The number of aromatic nitrogens is 1. The molecule has 0 radical (unpaired) electrons. The van der Waals surface area contributed by atoms with Crippen LogP contribution in [0.1, 0.15) is 29.8 Å². The average Bonchev–Trinajstić information content (AvgIpc) is 2.48. The van der Waals surface area contributed by atoms with Crippen molar-refractivity contribution in [3.63, 3.8) is 0 Å². The molecule has 1 aromatic carbocycles. The van der Waals surface area contributed by atoms with Crippen LogP contribution in [-0.4, -0.2) is 4.98 Å². The van der Waals surface area contributed by atoms with Gasteiger partial charge >= 0.3 is 0 Å². The molecule has 1 unspecified atom stereocenters. The summed E-state index contributed by atoms with van der Waals surface area (Å²) in [5.74, 6) is 3.71. The first kappa shape index (κ1) is 14.6. The molecule has 0 amide bonds. The Morgan fingerprint density at radius 2 is 2.05 bits per heavy atom. The Kier molecular flexibility index (Phi) is 4.76. The fourth-order valence-corrected chi connectivity index (χ4v) is 2.04. The molecule has 0 spiro atoms. The first-order valence-electron chi connectivity index (χ1n) is 6.49. The third kappa shape index (κ3) is 3.18. The lowest BCUT2D eigenvalue weighted by Gasteiger charge is -2.17. The summed E-state index contributed by atoms with van der Waals surface area (Å²) in [4.78, 5) is 4.30. The summed E-state index contributed by atoms with van der Waals surface area (Å²) in [6, 6.07) is 7.39. The molecule has 2 aromatic rings. The minimum atomic E-state index is -0.878. The lowest BCUT2D eigenvalue weighted by molar-refractivity contribution is 0.462. The van der Waals surface area contributed by atoms with Crippen molar-refractivity contribution in [2.24, 2.45) is 5.84 Å². The van der Waals surface area contributed by atoms with Crippen molar-refractivity contribution in [2.75, 3.05) is 0 Å². The zero-order valence-electron chi connectivity index (χ0n) is 11.2. The number of halogens is 2. The van der Waals surface area contributed by atoms with E-state index < -0.39 is 17.7 Å². The van der Waals surface area contributed by atoms with Gasteiger partial charge in [-0.05, 0) is 24.1 Å². The molecule has 2 rings (SSSR count). The zero-order chi connectivity index (χ0) is 14.5. The summed E-state index contributed by atoms with van der Waals surface area (Å²) in [6.45, 7) is 2.04. The maximum atomic E-state index is 13.8. The van der Waals surface area contributed by atoms with Gasteiger partial charge in [0.2, 0.25) is 0 Å². The van der Waals surface area contributed by atoms with Crippen molar-refractivity contribution in [1.82, 2.24) is 10.4 Å². The summed E-state index contributed by atoms with van der Waals surface area (Å²) in [7, 11) is 0. The van der Waals surface area contributed by atoms with Crippen LogP contribution in [0.3, 0.4) is 0 Å². The number of nitrogens with one attached hydrogen (secondary N) is 1. The highest BCUT2D eigenvalue weighted by atomic mass is 19.2. The molecule has 3 nitrogen and oxygen atoms in total. The number of hydrogen-bond donors (Lipinski definition) is 2. The van der Waals surface area contributed by atoms with E-state index in [0.717, 1.165) is 23.7 Å². The molecule has 5 heteroatoms. The Bertz CT molecular complexity index is 570. The molecule has 0 aliphatic carbocycles. The molecule has 1 atom stereocenters. The SMILES string of the molecule is CCc1ccc(CC(NN)c2cccc(F)c2F)nc1. The minimum Gasteiger partial charge on any atom is -0.271 e. The van der Waals surface area contributed by atoms with Crippen LogP contribution in [0.4, 0.5) is 8.78 Å². The number of hydrazine groups is 1. The lowest BCUT2D eigenvalue weighted by atomic mass is 10.0. The summed E-state index contributed by atoms with van der Waals surface area (Å²) in [6.07, 6.45) is 3.08.